The molecular weight excluding hydrogens is 270 g/mol. The van der Waals surface area contributed by atoms with Crippen LogP contribution >= 0.6 is 0 Å². The first-order valence-corrected chi connectivity index (χ1v) is 7.95. The van der Waals surface area contributed by atoms with E-state index in [1.165, 1.54) is 17.7 Å². The van der Waals surface area contributed by atoms with Crippen molar-refractivity contribution in [2.45, 2.75) is 38.6 Å². The van der Waals surface area contributed by atoms with Gasteiger partial charge in [-0.2, -0.15) is 0 Å². The predicted molar refractivity (Wildman–Crippen MR) is 80.1 cm³/mol. The van der Waals surface area contributed by atoms with Crippen molar-refractivity contribution in [1.29, 1.82) is 0 Å². The average molecular weight is 297 g/mol. The molecule has 2 aliphatic rings. The molecule has 2 aliphatic heterocycles. The smallest absolute Gasteiger partial charge is 0.326 e. The first-order valence-electron chi connectivity index (χ1n) is 7.95. The van der Waals surface area contributed by atoms with Crippen LogP contribution in [0.3, 0.4) is 0 Å². The monoisotopic (exact) mass is 297 g/mol. The topological polar surface area (TPSA) is 72.9 Å². The quantitative estimate of drug-likeness (QED) is 0.818. The maximum absolute atomic E-state index is 12.1. The zero-order chi connectivity index (χ0) is 15.4. The maximum atomic E-state index is 12.1. The second-order valence-corrected chi connectivity index (χ2v) is 6.51. The molecule has 0 radical (unpaired) electrons. The molecule has 0 saturated carbocycles. The third-order valence-electron chi connectivity index (χ3n) is 4.88. The number of aliphatic carboxylic acids is 1. The zero-order valence-corrected chi connectivity index (χ0v) is 13.0. The van der Waals surface area contributed by atoms with Gasteiger partial charge in [0.1, 0.15) is 6.04 Å². The summed E-state index contributed by atoms with van der Waals surface area (Å²) in [5.41, 5.74) is 0. The van der Waals surface area contributed by atoms with Crippen molar-refractivity contribution in [1.82, 2.24) is 15.1 Å². The number of carboxylic acid groups (broad SMARTS) is 1. The van der Waals surface area contributed by atoms with Crippen molar-refractivity contribution in [2.75, 3.05) is 33.2 Å². The van der Waals surface area contributed by atoms with E-state index >= 15 is 0 Å². The summed E-state index contributed by atoms with van der Waals surface area (Å²) in [6.45, 7) is 5.33. The fourth-order valence-corrected chi connectivity index (χ4v) is 3.39. The molecule has 2 amide bonds. The maximum Gasteiger partial charge on any atom is 0.326 e. The SMILES string of the molecule is CC1CCN(C(=O)NCCC2CCN(C)CC2)C1C(=O)O. The molecule has 21 heavy (non-hydrogen) atoms. The Morgan fingerprint density at radius 3 is 2.48 bits per heavy atom. The van der Waals surface area contributed by atoms with Gasteiger partial charge in [-0.3, -0.25) is 0 Å². The molecule has 2 saturated heterocycles. The molecule has 0 aromatic carbocycles. The number of amides is 2. The van der Waals surface area contributed by atoms with Gasteiger partial charge >= 0.3 is 12.0 Å². The molecule has 0 aliphatic carbocycles. The number of carbonyl (C=O) groups is 2. The van der Waals surface area contributed by atoms with Crippen molar-refractivity contribution in [3.8, 4) is 0 Å². The van der Waals surface area contributed by atoms with Gasteiger partial charge in [0.25, 0.3) is 0 Å². The first-order chi connectivity index (χ1) is 9.99. The number of likely N-dealkylation sites (tertiary alicyclic amines) is 2. The van der Waals surface area contributed by atoms with Gasteiger partial charge in [-0.05, 0) is 57.7 Å². The lowest BCUT2D eigenvalue weighted by atomic mass is 9.94. The highest BCUT2D eigenvalue weighted by molar-refractivity contribution is 5.83. The van der Waals surface area contributed by atoms with Gasteiger partial charge < -0.3 is 20.2 Å². The highest BCUT2D eigenvalue weighted by Crippen LogP contribution is 2.24. The zero-order valence-electron chi connectivity index (χ0n) is 13.0. The Labute approximate surface area is 126 Å². The van der Waals surface area contributed by atoms with Crippen LogP contribution < -0.4 is 5.32 Å². The fourth-order valence-electron chi connectivity index (χ4n) is 3.39. The second kappa shape index (κ2) is 7.11. The molecule has 2 rings (SSSR count). The van der Waals surface area contributed by atoms with Crippen LogP contribution in [0.4, 0.5) is 4.79 Å². The highest BCUT2D eigenvalue weighted by atomic mass is 16.4. The van der Waals surface area contributed by atoms with Crippen molar-refractivity contribution in [2.24, 2.45) is 11.8 Å². The van der Waals surface area contributed by atoms with Gasteiger partial charge in [-0.1, -0.05) is 6.92 Å². The van der Waals surface area contributed by atoms with Crippen molar-refractivity contribution < 1.29 is 14.7 Å². The van der Waals surface area contributed by atoms with E-state index in [0.29, 0.717) is 19.0 Å². The molecule has 120 valence electrons. The van der Waals surface area contributed by atoms with Crippen LogP contribution in [0, 0.1) is 11.8 Å². The molecule has 0 aromatic heterocycles. The number of hydrogen-bond donors (Lipinski definition) is 2. The Balaban J connectivity index is 1.73. The van der Waals surface area contributed by atoms with Crippen LogP contribution in [0.1, 0.15) is 32.6 Å². The van der Waals surface area contributed by atoms with Gasteiger partial charge in [0.05, 0.1) is 0 Å². The molecule has 0 spiro atoms. The number of carboxylic acids is 1. The van der Waals surface area contributed by atoms with Crippen LogP contribution in [0.15, 0.2) is 0 Å². The molecule has 2 heterocycles. The van der Waals surface area contributed by atoms with Crippen LogP contribution in [-0.2, 0) is 4.79 Å². The van der Waals surface area contributed by atoms with Gasteiger partial charge in [-0.15, -0.1) is 0 Å². The van der Waals surface area contributed by atoms with E-state index in [4.69, 9.17) is 0 Å². The summed E-state index contributed by atoms with van der Waals surface area (Å²) in [6, 6.07) is -0.895. The first kappa shape index (κ1) is 16.1. The van der Waals surface area contributed by atoms with Gasteiger partial charge in [0.15, 0.2) is 0 Å². The van der Waals surface area contributed by atoms with E-state index in [2.05, 4.69) is 17.3 Å². The summed E-state index contributed by atoms with van der Waals surface area (Å²) < 4.78 is 0. The Morgan fingerprint density at radius 1 is 1.19 bits per heavy atom. The Hall–Kier alpha value is -1.30. The second-order valence-electron chi connectivity index (χ2n) is 6.51. The standard InChI is InChI=1S/C15H27N3O3/c1-11-4-10-18(13(11)14(19)20)15(21)16-7-3-12-5-8-17(2)9-6-12/h11-13H,3-10H2,1-2H3,(H,16,21)(H,19,20). The largest absolute Gasteiger partial charge is 0.480 e. The number of nitrogens with zero attached hydrogens (tertiary/aromatic N) is 2. The van der Waals surface area contributed by atoms with Gasteiger partial charge in [0, 0.05) is 13.1 Å². The third-order valence-corrected chi connectivity index (χ3v) is 4.88. The minimum Gasteiger partial charge on any atom is -0.480 e. The Kier molecular flexibility index (Phi) is 5.45. The lowest BCUT2D eigenvalue weighted by Gasteiger charge is -2.29. The summed E-state index contributed by atoms with van der Waals surface area (Å²) in [6.07, 6.45) is 4.12. The normalized spacial score (nSPS) is 27.8. The number of rotatable bonds is 4. The van der Waals surface area contributed by atoms with Gasteiger partial charge in [0.2, 0.25) is 0 Å². The van der Waals surface area contributed by atoms with E-state index in [0.717, 1.165) is 25.9 Å². The number of piperidine rings is 1. The van der Waals surface area contributed by atoms with E-state index < -0.39 is 12.0 Å². The average Bonchev–Trinajstić information content (AvgIpc) is 2.83. The van der Waals surface area contributed by atoms with Crippen LogP contribution in [0.5, 0.6) is 0 Å². The molecule has 0 aromatic rings. The highest BCUT2D eigenvalue weighted by Gasteiger charge is 2.39. The summed E-state index contributed by atoms with van der Waals surface area (Å²) in [4.78, 5) is 27.2. The molecular formula is C15H27N3O3. The number of carbonyl (C=O) groups excluding carboxylic acids is 1. The molecule has 2 atom stereocenters. The van der Waals surface area contributed by atoms with Crippen LogP contribution in [-0.4, -0.2) is 66.2 Å². The third kappa shape index (κ3) is 4.09. The Morgan fingerprint density at radius 2 is 1.86 bits per heavy atom. The molecule has 6 nitrogen and oxygen atoms in total. The summed E-state index contributed by atoms with van der Waals surface area (Å²) in [7, 11) is 2.14. The lowest BCUT2D eigenvalue weighted by Crippen LogP contribution is -2.48. The molecule has 6 heteroatoms. The van der Waals surface area contributed by atoms with Crippen molar-refractivity contribution in [3.63, 3.8) is 0 Å². The van der Waals surface area contributed by atoms with Crippen LogP contribution in [0.25, 0.3) is 0 Å². The van der Waals surface area contributed by atoms with Crippen molar-refractivity contribution in [3.05, 3.63) is 0 Å². The summed E-state index contributed by atoms with van der Waals surface area (Å²) >= 11 is 0. The summed E-state index contributed by atoms with van der Waals surface area (Å²) in [5, 5.41) is 12.1. The molecule has 2 unspecified atom stereocenters. The minimum absolute atomic E-state index is 0.0298. The summed E-state index contributed by atoms with van der Waals surface area (Å²) in [5.74, 6) is -0.193. The fraction of sp³-hybridized carbons (Fsp3) is 0.867. The molecule has 2 fully saturated rings. The molecule has 0 bridgehead atoms. The predicted octanol–water partition coefficient (Wildman–Crippen LogP) is 1.22. The minimum atomic E-state index is -0.898. The van der Waals surface area contributed by atoms with Crippen LogP contribution in [0.2, 0.25) is 0 Å². The van der Waals surface area contributed by atoms with E-state index in [1.54, 1.807) is 0 Å². The van der Waals surface area contributed by atoms with Crippen molar-refractivity contribution >= 4 is 12.0 Å². The number of nitrogens with one attached hydrogen (secondary N) is 1. The van der Waals surface area contributed by atoms with Gasteiger partial charge in [-0.25, -0.2) is 9.59 Å². The van der Waals surface area contributed by atoms with E-state index in [-0.39, 0.29) is 11.9 Å². The lowest BCUT2D eigenvalue weighted by molar-refractivity contribution is -0.142. The van der Waals surface area contributed by atoms with E-state index in [9.17, 15) is 14.7 Å². The molecule has 2 N–H and O–H groups in total. The Bertz CT molecular complexity index is 380. The number of hydrogen-bond acceptors (Lipinski definition) is 3. The van der Waals surface area contributed by atoms with E-state index in [1.807, 2.05) is 6.92 Å². The number of urea groups is 1.